The molecule has 1 aromatic heterocycles. The predicted octanol–water partition coefficient (Wildman–Crippen LogP) is 3.63. The highest BCUT2D eigenvalue weighted by Gasteiger charge is 2.00. The minimum atomic E-state index is 0.275. The second kappa shape index (κ2) is 5.21. The summed E-state index contributed by atoms with van der Waals surface area (Å²) in [6.07, 6.45) is 1.64. The van der Waals surface area contributed by atoms with Crippen LogP contribution in [0, 0.1) is 0 Å². The van der Waals surface area contributed by atoms with Crippen LogP contribution < -0.4 is 0 Å². The number of Topliss-reactive ketones (excluding diaryl/α,β-unsaturated/α-hetero) is 1. The van der Waals surface area contributed by atoms with Gasteiger partial charge in [-0.3, -0.25) is 0 Å². The molecule has 0 aliphatic heterocycles. The fourth-order valence-electron chi connectivity index (χ4n) is 1.63. The van der Waals surface area contributed by atoms with E-state index in [2.05, 4.69) is 23.2 Å². The van der Waals surface area contributed by atoms with Gasteiger partial charge in [0.15, 0.2) is 0 Å². The maximum absolute atomic E-state index is 10.8. The summed E-state index contributed by atoms with van der Waals surface area (Å²) in [6, 6.07) is 10.4. The Morgan fingerprint density at radius 1 is 1.38 bits per heavy atom. The number of para-hydroxylation sites is 1. The highest BCUT2D eigenvalue weighted by atomic mass is 32.2. The maximum atomic E-state index is 10.8. The molecular formula is C13H15NOS. The van der Waals surface area contributed by atoms with Crippen LogP contribution in [-0.4, -0.2) is 16.5 Å². The van der Waals surface area contributed by atoms with Gasteiger partial charge in [-0.05, 0) is 31.2 Å². The molecule has 0 aliphatic rings. The molecule has 0 unspecified atom stereocenters. The number of nitrogens with one attached hydrogen (secondary N) is 1. The van der Waals surface area contributed by atoms with Crippen LogP contribution in [0.3, 0.4) is 0 Å². The fraction of sp³-hybridized carbons (Fsp3) is 0.308. The monoisotopic (exact) mass is 233 g/mol. The molecule has 0 aliphatic carbocycles. The van der Waals surface area contributed by atoms with E-state index in [0.29, 0.717) is 6.42 Å². The molecule has 2 rings (SSSR count). The smallest absolute Gasteiger partial charge is 0.129 e. The van der Waals surface area contributed by atoms with Crippen LogP contribution in [0.1, 0.15) is 19.8 Å². The molecule has 1 N–H and O–H groups in total. The first-order chi connectivity index (χ1) is 7.75. The van der Waals surface area contributed by atoms with E-state index in [0.717, 1.165) is 12.2 Å². The molecule has 3 heteroatoms. The molecule has 0 saturated carbocycles. The lowest BCUT2D eigenvalue weighted by molar-refractivity contribution is -0.117. The summed E-state index contributed by atoms with van der Waals surface area (Å²) >= 11 is 1.78. The number of aromatic nitrogens is 1. The van der Waals surface area contributed by atoms with E-state index in [-0.39, 0.29) is 5.78 Å². The Kier molecular flexibility index (Phi) is 3.67. The Morgan fingerprint density at radius 3 is 2.94 bits per heavy atom. The van der Waals surface area contributed by atoms with E-state index in [1.165, 1.54) is 15.9 Å². The van der Waals surface area contributed by atoms with Crippen molar-refractivity contribution >= 4 is 28.4 Å². The van der Waals surface area contributed by atoms with E-state index < -0.39 is 0 Å². The third kappa shape index (κ3) is 2.89. The molecule has 0 spiro atoms. The summed E-state index contributed by atoms with van der Waals surface area (Å²) < 4.78 is 0. The zero-order valence-corrected chi connectivity index (χ0v) is 10.1. The highest BCUT2D eigenvalue weighted by Crippen LogP contribution is 2.23. The molecule has 0 saturated heterocycles. The normalized spacial score (nSPS) is 10.8. The van der Waals surface area contributed by atoms with Gasteiger partial charge in [0.25, 0.3) is 0 Å². The number of aromatic amines is 1. The molecule has 84 valence electrons. The Labute approximate surface area is 99.4 Å². The zero-order chi connectivity index (χ0) is 11.4. The number of ketones is 1. The van der Waals surface area contributed by atoms with E-state index in [9.17, 15) is 4.79 Å². The van der Waals surface area contributed by atoms with Crippen molar-refractivity contribution in [2.75, 3.05) is 5.75 Å². The molecular weight excluding hydrogens is 218 g/mol. The SMILES string of the molecule is CC(=O)CCCSc1cc2ccccc2[nH]1. The number of carbonyl (C=O) groups excluding carboxylic acids is 1. The van der Waals surface area contributed by atoms with E-state index in [4.69, 9.17) is 0 Å². The molecule has 0 bridgehead atoms. The van der Waals surface area contributed by atoms with Crippen LogP contribution in [0.25, 0.3) is 10.9 Å². The lowest BCUT2D eigenvalue weighted by Crippen LogP contribution is -1.90. The number of hydrogen-bond donors (Lipinski definition) is 1. The van der Waals surface area contributed by atoms with Crippen LogP contribution in [-0.2, 0) is 4.79 Å². The average Bonchev–Trinajstić information content (AvgIpc) is 2.66. The number of H-pyrrole nitrogens is 1. The van der Waals surface area contributed by atoms with E-state index in [1.54, 1.807) is 18.7 Å². The molecule has 2 nitrogen and oxygen atoms in total. The van der Waals surface area contributed by atoms with Crippen molar-refractivity contribution in [3.05, 3.63) is 30.3 Å². The first kappa shape index (κ1) is 11.3. The molecule has 16 heavy (non-hydrogen) atoms. The van der Waals surface area contributed by atoms with Gasteiger partial charge in [-0.25, -0.2) is 0 Å². The van der Waals surface area contributed by atoms with Gasteiger partial charge in [0, 0.05) is 17.3 Å². The lowest BCUT2D eigenvalue weighted by Gasteiger charge is -1.96. The molecule has 1 aromatic carbocycles. The first-order valence-electron chi connectivity index (χ1n) is 5.46. The van der Waals surface area contributed by atoms with Gasteiger partial charge in [0.1, 0.15) is 5.78 Å². The van der Waals surface area contributed by atoms with Crippen molar-refractivity contribution in [1.29, 1.82) is 0 Å². The Hall–Kier alpha value is -1.22. The summed E-state index contributed by atoms with van der Waals surface area (Å²) in [4.78, 5) is 14.1. The molecule has 1 heterocycles. The number of thioether (sulfide) groups is 1. The largest absolute Gasteiger partial charge is 0.350 e. The number of hydrogen-bond acceptors (Lipinski definition) is 2. The van der Waals surface area contributed by atoms with Crippen LogP contribution >= 0.6 is 11.8 Å². The predicted molar refractivity (Wildman–Crippen MR) is 68.9 cm³/mol. The topological polar surface area (TPSA) is 32.9 Å². The second-order valence-corrected chi connectivity index (χ2v) is 5.01. The summed E-state index contributed by atoms with van der Waals surface area (Å²) in [5, 5.41) is 2.43. The minimum absolute atomic E-state index is 0.275. The first-order valence-corrected chi connectivity index (χ1v) is 6.44. The Balaban J connectivity index is 1.92. The van der Waals surface area contributed by atoms with Gasteiger partial charge >= 0.3 is 0 Å². The zero-order valence-electron chi connectivity index (χ0n) is 9.32. The van der Waals surface area contributed by atoms with Gasteiger partial charge in [-0.1, -0.05) is 18.2 Å². The van der Waals surface area contributed by atoms with Gasteiger partial charge in [-0.15, -0.1) is 11.8 Å². The van der Waals surface area contributed by atoms with Crippen molar-refractivity contribution in [3.63, 3.8) is 0 Å². The minimum Gasteiger partial charge on any atom is -0.350 e. The highest BCUT2D eigenvalue weighted by molar-refractivity contribution is 7.99. The molecule has 0 amide bonds. The molecule has 0 atom stereocenters. The summed E-state index contributed by atoms with van der Waals surface area (Å²) in [6.45, 7) is 1.65. The van der Waals surface area contributed by atoms with Gasteiger partial charge in [0.05, 0.1) is 5.03 Å². The summed E-state index contributed by atoms with van der Waals surface area (Å²) in [5.74, 6) is 1.27. The van der Waals surface area contributed by atoms with Crippen LogP contribution in [0.4, 0.5) is 0 Å². The number of carbonyl (C=O) groups is 1. The number of fused-ring (bicyclic) bond motifs is 1. The second-order valence-electron chi connectivity index (χ2n) is 3.87. The van der Waals surface area contributed by atoms with Crippen LogP contribution in [0.15, 0.2) is 35.4 Å². The standard InChI is InChI=1S/C13H15NOS/c1-10(15)5-4-8-16-13-9-11-6-2-3-7-12(11)14-13/h2-3,6-7,9,14H,4-5,8H2,1H3. The third-order valence-electron chi connectivity index (χ3n) is 2.44. The number of benzene rings is 1. The summed E-state index contributed by atoms with van der Waals surface area (Å²) in [7, 11) is 0. The fourth-order valence-corrected chi connectivity index (χ4v) is 2.53. The number of rotatable bonds is 5. The van der Waals surface area contributed by atoms with E-state index >= 15 is 0 Å². The average molecular weight is 233 g/mol. The Bertz CT molecular complexity index is 456. The van der Waals surface area contributed by atoms with Crippen molar-refractivity contribution in [3.8, 4) is 0 Å². The molecule has 0 fully saturated rings. The Morgan fingerprint density at radius 2 is 2.19 bits per heavy atom. The van der Waals surface area contributed by atoms with Crippen LogP contribution in [0.2, 0.25) is 0 Å². The maximum Gasteiger partial charge on any atom is 0.129 e. The van der Waals surface area contributed by atoms with Crippen molar-refractivity contribution < 1.29 is 4.79 Å². The van der Waals surface area contributed by atoms with Gasteiger partial charge < -0.3 is 9.78 Å². The van der Waals surface area contributed by atoms with Gasteiger partial charge in [-0.2, -0.15) is 0 Å². The molecule has 2 aromatic rings. The van der Waals surface area contributed by atoms with Crippen molar-refractivity contribution in [2.45, 2.75) is 24.8 Å². The summed E-state index contributed by atoms with van der Waals surface area (Å²) in [5.41, 5.74) is 1.18. The van der Waals surface area contributed by atoms with Gasteiger partial charge in [0.2, 0.25) is 0 Å². The third-order valence-corrected chi connectivity index (χ3v) is 3.46. The van der Waals surface area contributed by atoms with Crippen LogP contribution in [0.5, 0.6) is 0 Å². The quantitative estimate of drug-likeness (QED) is 0.632. The van der Waals surface area contributed by atoms with Crippen molar-refractivity contribution in [2.24, 2.45) is 0 Å². The van der Waals surface area contributed by atoms with Crippen molar-refractivity contribution in [1.82, 2.24) is 4.98 Å². The lowest BCUT2D eigenvalue weighted by atomic mass is 10.3. The molecule has 0 radical (unpaired) electrons. The van der Waals surface area contributed by atoms with E-state index in [1.807, 2.05) is 12.1 Å².